The molecule has 0 fully saturated rings. The number of methoxy groups -OCH3 is 1. The molecule has 0 bridgehead atoms. The quantitative estimate of drug-likeness (QED) is 0.575. The lowest BCUT2D eigenvalue weighted by molar-refractivity contribution is 0.415. The average Bonchev–Trinajstić information content (AvgIpc) is 2.61. The molecule has 3 rings (SSSR count). The highest BCUT2D eigenvalue weighted by molar-refractivity contribution is 9.10. The molecule has 3 nitrogen and oxygen atoms in total. The van der Waals surface area contributed by atoms with Crippen molar-refractivity contribution >= 4 is 28.1 Å². The van der Waals surface area contributed by atoms with Crippen molar-refractivity contribution in [1.29, 1.82) is 5.26 Å². The summed E-state index contributed by atoms with van der Waals surface area (Å²) in [4.78, 5) is 3.15. The van der Waals surface area contributed by atoms with E-state index in [0.29, 0.717) is 10.2 Å². The molecule has 1 aromatic heterocycles. The van der Waals surface area contributed by atoms with Gasteiger partial charge in [0.2, 0.25) is 0 Å². The van der Waals surface area contributed by atoms with Gasteiger partial charge in [-0.15, -0.1) is 0 Å². The Kier molecular flexibility index (Phi) is 4.79. The zero-order valence-electron chi connectivity index (χ0n) is 12.8. The zero-order chi connectivity index (χ0) is 17.1. The SMILES string of the molecule is COc1ccc(-c2cc(-c3ccc(Br)cc3)[nH]c(=S)c2C#N)cc1. The molecule has 1 heterocycles. The van der Waals surface area contributed by atoms with Crippen LogP contribution in [0.4, 0.5) is 0 Å². The zero-order valence-corrected chi connectivity index (χ0v) is 15.2. The number of aromatic nitrogens is 1. The highest BCUT2D eigenvalue weighted by Crippen LogP contribution is 2.30. The van der Waals surface area contributed by atoms with Gasteiger partial charge < -0.3 is 9.72 Å². The molecule has 118 valence electrons. The lowest BCUT2D eigenvalue weighted by Gasteiger charge is -2.10. The van der Waals surface area contributed by atoms with Crippen molar-refractivity contribution in [3.8, 4) is 34.2 Å². The number of hydrogen-bond donors (Lipinski definition) is 1. The Morgan fingerprint density at radius 1 is 1.04 bits per heavy atom. The van der Waals surface area contributed by atoms with Gasteiger partial charge in [-0.3, -0.25) is 0 Å². The molecule has 3 aromatic rings. The van der Waals surface area contributed by atoms with Crippen molar-refractivity contribution in [2.24, 2.45) is 0 Å². The second-order valence-corrected chi connectivity index (χ2v) is 6.47. The van der Waals surface area contributed by atoms with Crippen LogP contribution in [0.25, 0.3) is 22.4 Å². The normalized spacial score (nSPS) is 10.2. The topological polar surface area (TPSA) is 48.8 Å². The van der Waals surface area contributed by atoms with Crippen LogP contribution in [-0.2, 0) is 0 Å². The minimum atomic E-state index is 0.434. The van der Waals surface area contributed by atoms with Crippen LogP contribution in [-0.4, -0.2) is 12.1 Å². The van der Waals surface area contributed by atoms with Gasteiger partial charge in [0.1, 0.15) is 16.5 Å². The van der Waals surface area contributed by atoms with Gasteiger partial charge in [-0.2, -0.15) is 5.26 Å². The largest absolute Gasteiger partial charge is 0.497 e. The Morgan fingerprint density at radius 2 is 1.67 bits per heavy atom. The van der Waals surface area contributed by atoms with Crippen molar-refractivity contribution in [2.75, 3.05) is 7.11 Å². The predicted octanol–water partition coefficient (Wildman–Crippen LogP) is 5.72. The minimum Gasteiger partial charge on any atom is -0.497 e. The molecular formula is C19H13BrN2OS. The molecule has 0 aliphatic heterocycles. The number of aromatic amines is 1. The maximum absolute atomic E-state index is 9.49. The summed E-state index contributed by atoms with van der Waals surface area (Å²) in [6.45, 7) is 0. The molecule has 0 radical (unpaired) electrons. The summed E-state index contributed by atoms with van der Waals surface area (Å²) in [6.07, 6.45) is 0. The molecule has 0 aliphatic carbocycles. The maximum atomic E-state index is 9.49. The van der Waals surface area contributed by atoms with Crippen LogP contribution in [0.15, 0.2) is 59.1 Å². The van der Waals surface area contributed by atoms with Gasteiger partial charge in [0.25, 0.3) is 0 Å². The van der Waals surface area contributed by atoms with E-state index in [2.05, 4.69) is 27.0 Å². The number of benzene rings is 2. The number of pyridine rings is 1. The third kappa shape index (κ3) is 3.25. The second-order valence-electron chi connectivity index (χ2n) is 5.15. The Hall–Kier alpha value is -2.42. The fourth-order valence-corrected chi connectivity index (χ4v) is 2.98. The summed E-state index contributed by atoms with van der Waals surface area (Å²) in [6, 6.07) is 19.7. The molecule has 0 saturated carbocycles. The first-order chi connectivity index (χ1) is 11.6. The molecule has 0 unspecified atom stereocenters. The van der Waals surface area contributed by atoms with Gasteiger partial charge in [0.05, 0.1) is 12.7 Å². The molecular weight excluding hydrogens is 384 g/mol. The van der Waals surface area contributed by atoms with Crippen LogP contribution in [0.2, 0.25) is 0 Å². The number of H-pyrrole nitrogens is 1. The van der Waals surface area contributed by atoms with Crippen LogP contribution in [0, 0.1) is 16.0 Å². The number of nitrogens with one attached hydrogen (secondary N) is 1. The molecule has 0 saturated heterocycles. The Balaban J connectivity index is 2.18. The van der Waals surface area contributed by atoms with Crippen molar-refractivity contribution in [2.45, 2.75) is 0 Å². The third-order valence-corrected chi connectivity index (χ3v) is 4.54. The van der Waals surface area contributed by atoms with Crippen LogP contribution in [0.1, 0.15) is 5.56 Å². The molecule has 0 atom stereocenters. The van der Waals surface area contributed by atoms with Crippen molar-refractivity contribution in [1.82, 2.24) is 4.98 Å². The number of nitrogens with zero attached hydrogens (tertiary/aromatic N) is 1. The van der Waals surface area contributed by atoms with Crippen LogP contribution in [0.3, 0.4) is 0 Å². The summed E-state index contributed by atoms with van der Waals surface area (Å²) in [5.41, 5.74) is 4.07. The third-order valence-electron chi connectivity index (χ3n) is 3.70. The first kappa shape index (κ1) is 16.4. The summed E-state index contributed by atoms with van der Waals surface area (Å²) in [5, 5.41) is 9.49. The summed E-state index contributed by atoms with van der Waals surface area (Å²) in [5.74, 6) is 0.770. The van der Waals surface area contributed by atoms with E-state index in [9.17, 15) is 5.26 Å². The van der Waals surface area contributed by atoms with Crippen LogP contribution < -0.4 is 4.74 Å². The molecule has 0 amide bonds. The van der Waals surface area contributed by atoms with Crippen LogP contribution in [0.5, 0.6) is 5.75 Å². The highest BCUT2D eigenvalue weighted by atomic mass is 79.9. The fourth-order valence-electron chi connectivity index (χ4n) is 2.45. The Morgan fingerprint density at radius 3 is 2.25 bits per heavy atom. The van der Waals surface area contributed by atoms with Gasteiger partial charge in [0, 0.05) is 15.7 Å². The van der Waals surface area contributed by atoms with E-state index in [1.165, 1.54) is 0 Å². The van der Waals surface area contributed by atoms with E-state index < -0.39 is 0 Å². The average molecular weight is 397 g/mol. The van der Waals surface area contributed by atoms with E-state index >= 15 is 0 Å². The van der Waals surface area contributed by atoms with Crippen molar-refractivity contribution in [3.63, 3.8) is 0 Å². The fraction of sp³-hybridized carbons (Fsp3) is 0.0526. The van der Waals surface area contributed by atoms with Gasteiger partial charge >= 0.3 is 0 Å². The van der Waals surface area contributed by atoms with Gasteiger partial charge in [-0.25, -0.2) is 0 Å². The minimum absolute atomic E-state index is 0.434. The van der Waals surface area contributed by atoms with Crippen molar-refractivity contribution < 1.29 is 4.74 Å². The first-order valence-electron chi connectivity index (χ1n) is 7.20. The second kappa shape index (κ2) is 7.00. The van der Waals surface area contributed by atoms with Crippen LogP contribution >= 0.6 is 28.1 Å². The predicted molar refractivity (Wildman–Crippen MR) is 101 cm³/mol. The summed E-state index contributed by atoms with van der Waals surface area (Å²) < 4.78 is 6.64. The van der Waals surface area contributed by atoms with Gasteiger partial charge in [-0.05, 0) is 41.5 Å². The van der Waals surface area contributed by atoms with Crippen molar-refractivity contribution in [3.05, 3.63) is 69.3 Å². The van der Waals surface area contributed by atoms with E-state index in [0.717, 1.165) is 32.6 Å². The summed E-state index contributed by atoms with van der Waals surface area (Å²) in [7, 11) is 1.63. The lowest BCUT2D eigenvalue weighted by atomic mass is 9.99. The Labute approximate surface area is 153 Å². The maximum Gasteiger partial charge on any atom is 0.122 e. The van der Waals surface area contributed by atoms with E-state index in [-0.39, 0.29) is 0 Å². The molecule has 2 aromatic carbocycles. The number of nitriles is 1. The highest BCUT2D eigenvalue weighted by Gasteiger charge is 2.11. The monoisotopic (exact) mass is 396 g/mol. The van der Waals surface area contributed by atoms with E-state index in [1.807, 2.05) is 54.6 Å². The van der Waals surface area contributed by atoms with E-state index in [1.54, 1.807) is 7.11 Å². The summed E-state index contributed by atoms with van der Waals surface area (Å²) >= 11 is 8.82. The molecule has 24 heavy (non-hydrogen) atoms. The molecule has 1 N–H and O–H groups in total. The first-order valence-corrected chi connectivity index (χ1v) is 8.40. The molecule has 0 spiro atoms. The number of ether oxygens (including phenoxy) is 1. The smallest absolute Gasteiger partial charge is 0.122 e. The lowest BCUT2D eigenvalue weighted by Crippen LogP contribution is -1.93. The van der Waals surface area contributed by atoms with Gasteiger partial charge in [0.15, 0.2) is 0 Å². The number of rotatable bonds is 3. The standard InChI is InChI=1S/C19H13BrN2OS/c1-23-15-8-4-12(5-9-15)16-10-18(22-19(24)17(16)11-21)13-2-6-14(20)7-3-13/h2-10H,1H3,(H,22,24). The van der Waals surface area contributed by atoms with E-state index in [4.69, 9.17) is 17.0 Å². The molecule has 0 aliphatic rings. The number of halogens is 1. The Bertz CT molecular complexity index is 970. The number of hydrogen-bond acceptors (Lipinski definition) is 3. The molecule has 5 heteroatoms. The van der Waals surface area contributed by atoms with Gasteiger partial charge in [-0.1, -0.05) is 52.4 Å².